The lowest BCUT2D eigenvalue weighted by Crippen LogP contribution is -2.32. The Kier molecular flexibility index (Phi) is 7.01. The molecule has 0 radical (unpaired) electrons. The summed E-state index contributed by atoms with van der Waals surface area (Å²) in [6.45, 7) is 0. The Morgan fingerprint density at radius 1 is 1.07 bits per heavy atom. The van der Waals surface area contributed by atoms with Gasteiger partial charge in [-0.2, -0.15) is 4.98 Å². The smallest absolute Gasteiger partial charge is 0.325 e. The fraction of sp³-hybridized carbons (Fsp3) is 0.150. The largest absolute Gasteiger partial charge is 0.480 e. The van der Waals surface area contributed by atoms with Crippen LogP contribution < -0.4 is 15.2 Å². The summed E-state index contributed by atoms with van der Waals surface area (Å²) in [5, 5.41) is 8.88. The molecule has 0 unspecified atom stereocenters. The fourth-order valence-electron chi connectivity index (χ4n) is 2.35. The zero-order valence-corrected chi connectivity index (χ0v) is 16.3. The van der Waals surface area contributed by atoms with Gasteiger partial charge in [-0.25, -0.2) is 4.98 Å². The molecule has 0 fully saturated rings. The van der Waals surface area contributed by atoms with E-state index in [9.17, 15) is 4.79 Å². The minimum Gasteiger partial charge on any atom is -0.480 e. The number of carboxylic acids is 1. The molecule has 0 saturated heterocycles. The number of aliphatic carboxylic acids is 1. The Morgan fingerprint density at radius 3 is 2.38 bits per heavy atom. The summed E-state index contributed by atoms with van der Waals surface area (Å²) in [6.07, 6.45) is 1.77. The van der Waals surface area contributed by atoms with Crippen LogP contribution in [0.15, 0.2) is 65.7 Å². The van der Waals surface area contributed by atoms with Crippen molar-refractivity contribution in [3.05, 3.63) is 66.4 Å². The third kappa shape index (κ3) is 6.18. The Labute approximate surface area is 171 Å². The molecule has 8 nitrogen and oxygen atoms in total. The summed E-state index contributed by atoms with van der Waals surface area (Å²) in [7, 11) is 1.60. The maximum atomic E-state index is 10.8. The van der Waals surface area contributed by atoms with Crippen LogP contribution >= 0.6 is 12.0 Å². The zero-order valence-electron chi connectivity index (χ0n) is 15.5. The minimum atomic E-state index is -1.04. The van der Waals surface area contributed by atoms with Crippen molar-refractivity contribution in [2.75, 3.05) is 7.11 Å². The van der Waals surface area contributed by atoms with Gasteiger partial charge in [-0.3, -0.25) is 4.79 Å². The van der Waals surface area contributed by atoms with Gasteiger partial charge in [0.15, 0.2) is 0 Å². The molecule has 0 aliphatic heterocycles. The second kappa shape index (κ2) is 9.87. The van der Waals surface area contributed by atoms with Crippen molar-refractivity contribution in [3.63, 3.8) is 0 Å². The van der Waals surface area contributed by atoms with Gasteiger partial charge in [-0.15, -0.1) is 0 Å². The van der Waals surface area contributed by atoms with Gasteiger partial charge in [0.05, 0.1) is 7.11 Å². The lowest BCUT2D eigenvalue weighted by Gasteiger charge is -2.09. The van der Waals surface area contributed by atoms with E-state index in [4.69, 9.17) is 24.5 Å². The molecule has 1 atom stereocenters. The van der Waals surface area contributed by atoms with Crippen molar-refractivity contribution in [1.82, 2.24) is 9.97 Å². The molecule has 0 spiro atoms. The van der Waals surface area contributed by atoms with E-state index in [-0.39, 0.29) is 12.4 Å². The molecule has 150 valence electrons. The minimum absolute atomic E-state index is 0.152. The number of hydrogen-bond donors (Lipinski definition) is 2. The third-order valence-electron chi connectivity index (χ3n) is 3.74. The first-order valence-corrected chi connectivity index (χ1v) is 9.34. The highest BCUT2D eigenvalue weighted by molar-refractivity contribution is 7.94. The topological polar surface area (TPSA) is 117 Å². The quantitative estimate of drug-likeness (QED) is 0.507. The van der Waals surface area contributed by atoms with Crippen molar-refractivity contribution in [2.24, 2.45) is 5.73 Å². The van der Waals surface area contributed by atoms with Crippen LogP contribution in [0.2, 0.25) is 0 Å². The maximum absolute atomic E-state index is 10.8. The summed E-state index contributed by atoms with van der Waals surface area (Å²) >= 11 is 1.26. The van der Waals surface area contributed by atoms with E-state index >= 15 is 0 Å². The lowest BCUT2D eigenvalue weighted by molar-refractivity contribution is -0.138. The highest BCUT2D eigenvalue weighted by atomic mass is 32.2. The molecule has 0 bridgehead atoms. The standard InChI is InChI=1S/C20H19N3O5S/c1-26-29-16-8-6-15(7-9-16)28-20-22-11-10-18(23-20)27-14-4-2-13(3-5-14)12-17(21)19(24)25/h2-11,17H,12,21H2,1H3,(H,24,25)/t17-/m0/s1. The van der Waals surface area contributed by atoms with Crippen LogP contribution in [0.25, 0.3) is 0 Å². The number of aromatic nitrogens is 2. The molecule has 1 heterocycles. The number of nitrogens with zero attached hydrogens (tertiary/aromatic N) is 2. The van der Waals surface area contributed by atoms with Gasteiger partial charge in [0.2, 0.25) is 5.88 Å². The summed E-state index contributed by atoms with van der Waals surface area (Å²) in [5.74, 6) is 0.410. The molecule has 0 saturated carbocycles. The SMILES string of the molecule is COSc1ccc(Oc2nccc(Oc3ccc(C[C@H](N)C(=O)O)cc3)n2)cc1. The first-order chi connectivity index (χ1) is 14.0. The van der Waals surface area contributed by atoms with Crippen LogP contribution in [-0.2, 0) is 15.4 Å². The highest BCUT2D eigenvalue weighted by Crippen LogP contribution is 2.26. The number of ether oxygens (including phenoxy) is 2. The van der Waals surface area contributed by atoms with Crippen LogP contribution in [0.3, 0.4) is 0 Å². The number of hydrogen-bond acceptors (Lipinski definition) is 8. The van der Waals surface area contributed by atoms with Crippen molar-refractivity contribution >= 4 is 18.0 Å². The second-order valence-electron chi connectivity index (χ2n) is 5.90. The van der Waals surface area contributed by atoms with Gasteiger partial charge in [-0.05, 0) is 48.4 Å². The molecule has 2 aromatic carbocycles. The van der Waals surface area contributed by atoms with Gasteiger partial charge in [0, 0.05) is 29.2 Å². The molecule has 3 rings (SSSR count). The Morgan fingerprint density at radius 2 is 1.72 bits per heavy atom. The van der Waals surface area contributed by atoms with Crippen LogP contribution in [0.1, 0.15) is 5.56 Å². The van der Waals surface area contributed by atoms with E-state index in [1.54, 1.807) is 49.6 Å². The number of carboxylic acid groups (broad SMARTS) is 1. The molecule has 3 N–H and O–H groups in total. The summed E-state index contributed by atoms with van der Waals surface area (Å²) < 4.78 is 16.4. The Hall–Kier alpha value is -3.14. The molecule has 0 amide bonds. The van der Waals surface area contributed by atoms with Crippen LogP contribution in [0, 0.1) is 0 Å². The lowest BCUT2D eigenvalue weighted by atomic mass is 10.1. The maximum Gasteiger partial charge on any atom is 0.325 e. The second-order valence-corrected chi connectivity index (χ2v) is 6.87. The van der Waals surface area contributed by atoms with Crippen molar-refractivity contribution < 1.29 is 23.6 Å². The Balaban J connectivity index is 1.62. The average molecular weight is 413 g/mol. The molecule has 1 aromatic heterocycles. The number of rotatable bonds is 9. The van der Waals surface area contributed by atoms with Crippen molar-refractivity contribution in [2.45, 2.75) is 17.4 Å². The van der Waals surface area contributed by atoms with Gasteiger partial charge in [0.25, 0.3) is 0 Å². The molecule has 3 aromatic rings. The van der Waals surface area contributed by atoms with Crippen molar-refractivity contribution in [1.29, 1.82) is 0 Å². The number of benzene rings is 2. The first kappa shape index (κ1) is 20.6. The molecule has 9 heteroatoms. The van der Waals surface area contributed by atoms with Crippen molar-refractivity contribution in [3.8, 4) is 23.4 Å². The van der Waals surface area contributed by atoms with Gasteiger partial charge in [0.1, 0.15) is 17.5 Å². The normalized spacial score (nSPS) is 11.7. The molecular formula is C20H19N3O5S. The van der Waals surface area contributed by atoms with Gasteiger partial charge >= 0.3 is 12.0 Å². The van der Waals surface area contributed by atoms with E-state index in [0.29, 0.717) is 17.4 Å². The Bertz CT molecular complexity index is 951. The fourth-order valence-corrected chi connectivity index (χ4v) is 2.79. The zero-order chi connectivity index (χ0) is 20.6. The molecule has 0 aliphatic rings. The molecule has 29 heavy (non-hydrogen) atoms. The van der Waals surface area contributed by atoms with Crippen LogP contribution in [0.4, 0.5) is 0 Å². The summed E-state index contributed by atoms with van der Waals surface area (Å²) in [5.41, 5.74) is 6.34. The summed E-state index contributed by atoms with van der Waals surface area (Å²) in [6, 6.07) is 15.1. The van der Waals surface area contributed by atoms with E-state index in [1.807, 2.05) is 12.1 Å². The monoisotopic (exact) mass is 413 g/mol. The number of carbonyl (C=O) groups is 1. The van der Waals surface area contributed by atoms with E-state index in [2.05, 4.69) is 9.97 Å². The first-order valence-electron chi connectivity index (χ1n) is 8.60. The molecular weight excluding hydrogens is 394 g/mol. The molecule has 0 aliphatic carbocycles. The van der Waals surface area contributed by atoms with E-state index in [0.717, 1.165) is 10.5 Å². The third-order valence-corrected chi connectivity index (χ3v) is 4.37. The van der Waals surface area contributed by atoms with E-state index in [1.165, 1.54) is 18.2 Å². The van der Waals surface area contributed by atoms with Crippen LogP contribution in [-0.4, -0.2) is 34.2 Å². The van der Waals surface area contributed by atoms with E-state index < -0.39 is 12.0 Å². The predicted molar refractivity (Wildman–Crippen MR) is 107 cm³/mol. The summed E-state index contributed by atoms with van der Waals surface area (Å²) in [4.78, 5) is 20.1. The number of nitrogens with two attached hydrogens (primary N) is 1. The van der Waals surface area contributed by atoms with Crippen LogP contribution in [0.5, 0.6) is 23.4 Å². The average Bonchev–Trinajstić information content (AvgIpc) is 2.71. The predicted octanol–water partition coefficient (Wildman–Crippen LogP) is 3.67. The highest BCUT2D eigenvalue weighted by Gasteiger charge is 2.12. The van der Waals surface area contributed by atoms with Gasteiger partial charge in [-0.1, -0.05) is 12.1 Å². The van der Waals surface area contributed by atoms with Gasteiger partial charge < -0.3 is 24.5 Å².